The zero-order valence-electron chi connectivity index (χ0n) is 15.1. The second-order valence-electron chi connectivity index (χ2n) is 6.90. The Kier molecular flexibility index (Phi) is 6.01. The molecule has 9 nitrogen and oxygen atoms in total. The molecule has 1 aliphatic rings. The van der Waals surface area contributed by atoms with Crippen LogP contribution in [0.1, 0.15) is 39.4 Å². The van der Waals surface area contributed by atoms with Gasteiger partial charge in [0.25, 0.3) is 5.91 Å². The molecule has 1 aromatic rings. The van der Waals surface area contributed by atoms with Crippen molar-refractivity contribution in [3.63, 3.8) is 0 Å². The summed E-state index contributed by atoms with van der Waals surface area (Å²) in [6.45, 7) is 5.29. The van der Waals surface area contributed by atoms with Gasteiger partial charge in [0.15, 0.2) is 0 Å². The number of furan rings is 1. The summed E-state index contributed by atoms with van der Waals surface area (Å²) in [5, 5.41) is 7.16. The number of hydrogen-bond acceptors (Lipinski definition) is 5. The molecule has 1 atom stereocenters. The van der Waals surface area contributed by atoms with Crippen LogP contribution >= 0.6 is 0 Å². The third-order valence-electron chi connectivity index (χ3n) is 4.12. The standard InChI is InChI=1S/C17H24N4O5/c1-11(2)6-7-17(3)14(23)21(16(25)20-17)10-13(22)19-15(24)18-9-12-5-4-8-26-12/h4-5,8,11H,6-7,9-10H2,1-3H3,(H,20,25)(H2,18,19,22,24)/t17-/m1/s1. The van der Waals surface area contributed by atoms with Gasteiger partial charge in [0.1, 0.15) is 17.8 Å². The minimum absolute atomic E-state index is 0.114. The first-order valence-corrected chi connectivity index (χ1v) is 8.45. The summed E-state index contributed by atoms with van der Waals surface area (Å²) in [4.78, 5) is 49.1. The number of amides is 6. The summed E-state index contributed by atoms with van der Waals surface area (Å²) >= 11 is 0. The Morgan fingerprint density at radius 3 is 2.69 bits per heavy atom. The molecule has 0 bridgehead atoms. The Labute approximate surface area is 151 Å². The van der Waals surface area contributed by atoms with Gasteiger partial charge >= 0.3 is 12.1 Å². The molecule has 1 fully saturated rings. The number of rotatable bonds is 7. The summed E-state index contributed by atoms with van der Waals surface area (Å²) in [5.74, 6) is -0.304. The van der Waals surface area contributed by atoms with Crippen molar-refractivity contribution < 1.29 is 23.6 Å². The molecule has 1 saturated heterocycles. The largest absolute Gasteiger partial charge is 0.467 e. The second-order valence-corrected chi connectivity index (χ2v) is 6.90. The van der Waals surface area contributed by atoms with E-state index in [2.05, 4.69) is 16.0 Å². The van der Waals surface area contributed by atoms with Gasteiger partial charge < -0.3 is 15.1 Å². The lowest BCUT2D eigenvalue weighted by molar-refractivity contribution is -0.134. The van der Waals surface area contributed by atoms with Crippen molar-refractivity contribution >= 4 is 23.9 Å². The van der Waals surface area contributed by atoms with Crippen LogP contribution in [0.2, 0.25) is 0 Å². The van der Waals surface area contributed by atoms with Crippen molar-refractivity contribution in [2.45, 2.75) is 45.7 Å². The van der Waals surface area contributed by atoms with E-state index in [9.17, 15) is 19.2 Å². The molecule has 2 heterocycles. The van der Waals surface area contributed by atoms with Crippen LogP contribution in [-0.2, 0) is 16.1 Å². The first-order valence-electron chi connectivity index (χ1n) is 8.45. The van der Waals surface area contributed by atoms with Crippen molar-refractivity contribution in [2.24, 2.45) is 5.92 Å². The third-order valence-corrected chi connectivity index (χ3v) is 4.12. The highest BCUT2D eigenvalue weighted by Crippen LogP contribution is 2.24. The molecule has 0 radical (unpaired) electrons. The van der Waals surface area contributed by atoms with E-state index in [0.717, 1.165) is 11.3 Å². The fourth-order valence-electron chi connectivity index (χ4n) is 2.57. The molecule has 2 rings (SSSR count). The summed E-state index contributed by atoms with van der Waals surface area (Å²) in [6, 6.07) is 1.98. The van der Waals surface area contributed by atoms with E-state index in [1.54, 1.807) is 19.1 Å². The number of nitrogens with one attached hydrogen (secondary N) is 3. The molecule has 0 unspecified atom stereocenters. The predicted octanol–water partition coefficient (Wildman–Crippen LogP) is 1.35. The van der Waals surface area contributed by atoms with E-state index < -0.39 is 36.0 Å². The molecule has 6 amide bonds. The predicted molar refractivity (Wildman–Crippen MR) is 91.8 cm³/mol. The number of carbonyl (C=O) groups excluding carboxylic acids is 4. The van der Waals surface area contributed by atoms with Gasteiger partial charge in [0.05, 0.1) is 12.8 Å². The lowest BCUT2D eigenvalue weighted by atomic mass is 9.92. The van der Waals surface area contributed by atoms with Gasteiger partial charge in [-0.1, -0.05) is 13.8 Å². The molecule has 0 saturated carbocycles. The zero-order valence-corrected chi connectivity index (χ0v) is 15.1. The Morgan fingerprint density at radius 1 is 1.35 bits per heavy atom. The number of nitrogens with zero attached hydrogens (tertiary/aromatic N) is 1. The average molecular weight is 364 g/mol. The molecular weight excluding hydrogens is 340 g/mol. The van der Waals surface area contributed by atoms with E-state index in [4.69, 9.17) is 4.42 Å². The van der Waals surface area contributed by atoms with E-state index >= 15 is 0 Å². The molecular formula is C17H24N4O5. The van der Waals surface area contributed by atoms with Gasteiger partial charge in [0, 0.05) is 0 Å². The monoisotopic (exact) mass is 364 g/mol. The topological polar surface area (TPSA) is 121 Å². The molecule has 3 N–H and O–H groups in total. The van der Waals surface area contributed by atoms with E-state index in [0.29, 0.717) is 18.1 Å². The van der Waals surface area contributed by atoms with E-state index in [-0.39, 0.29) is 6.54 Å². The van der Waals surface area contributed by atoms with Crippen LogP contribution in [-0.4, -0.2) is 40.9 Å². The van der Waals surface area contributed by atoms with Gasteiger partial charge in [-0.3, -0.25) is 19.8 Å². The number of imide groups is 2. The van der Waals surface area contributed by atoms with Crippen LogP contribution in [0.25, 0.3) is 0 Å². The maximum Gasteiger partial charge on any atom is 0.325 e. The highest BCUT2D eigenvalue weighted by Gasteiger charge is 2.47. The average Bonchev–Trinajstić information content (AvgIpc) is 3.15. The molecule has 0 spiro atoms. The smallest absolute Gasteiger partial charge is 0.325 e. The second kappa shape index (κ2) is 8.03. The van der Waals surface area contributed by atoms with E-state index in [1.165, 1.54) is 6.26 Å². The first kappa shape index (κ1) is 19.5. The zero-order chi connectivity index (χ0) is 19.3. The van der Waals surface area contributed by atoms with Gasteiger partial charge in [-0.05, 0) is 37.8 Å². The van der Waals surface area contributed by atoms with Crippen LogP contribution < -0.4 is 16.0 Å². The van der Waals surface area contributed by atoms with Crippen molar-refractivity contribution in [3.8, 4) is 0 Å². The van der Waals surface area contributed by atoms with Gasteiger partial charge in [-0.25, -0.2) is 9.59 Å². The number of urea groups is 2. The maximum absolute atomic E-state index is 12.5. The Morgan fingerprint density at radius 2 is 2.08 bits per heavy atom. The first-order chi connectivity index (χ1) is 12.2. The number of hydrogen-bond donors (Lipinski definition) is 3. The van der Waals surface area contributed by atoms with Gasteiger partial charge in [-0.2, -0.15) is 0 Å². The van der Waals surface area contributed by atoms with Crippen LogP contribution in [0.5, 0.6) is 0 Å². The fourth-order valence-corrected chi connectivity index (χ4v) is 2.57. The van der Waals surface area contributed by atoms with Crippen molar-refractivity contribution in [1.82, 2.24) is 20.9 Å². The highest BCUT2D eigenvalue weighted by molar-refractivity contribution is 6.09. The minimum Gasteiger partial charge on any atom is -0.467 e. The fraction of sp³-hybridized carbons (Fsp3) is 0.529. The van der Waals surface area contributed by atoms with Crippen molar-refractivity contribution in [2.75, 3.05) is 6.54 Å². The SMILES string of the molecule is CC(C)CC[C@@]1(C)NC(=O)N(CC(=O)NC(=O)NCc2ccco2)C1=O. The number of carbonyl (C=O) groups is 4. The van der Waals surface area contributed by atoms with Crippen LogP contribution in [0.15, 0.2) is 22.8 Å². The Bertz CT molecular complexity index is 685. The normalized spacial score (nSPS) is 19.6. The summed E-state index contributed by atoms with van der Waals surface area (Å²) < 4.78 is 5.05. The molecule has 0 aliphatic carbocycles. The lowest BCUT2D eigenvalue weighted by Gasteiger charge is -2.22. The molecule has 0 aromatic carbocycles. The lowest BCUT2D eigenvalue weighted by Crippen LogP contribution is -2.47. The molecule has 9 heteroatoms. The third kappa shape index (κ3) is 4.84. The quantitative estimate of drug-likeness (QED) is 0.631. The highest BCUT2D eigenvalue weighted by atomic mass is 16.3. The van der Waals surface area contributed by atoms with Gasteiger partial charge in [0.2, 0.25) is 5.91 Å². The summed E-state index contributed by atoms with van der Waals surface area (Å²) in [6.07, 6.45) is 2.71. The van der Waals surface area contributed by atoms with Crippen molar-refractivity contribution in [3.05, 3.63) is 24.2 Å². The van der Waals surface area contributed by atoms with Crippen molar-refractivity contribution in [1.29, 1.82) is 0 Å². The van der Waals surface area contributed by atoms with Crippen LogP contribution in [0.3, 0.4) is 0 Å². The van der Waals surface area contributed by atoms with Crippen LogP contribution in [0, 0.1) is 5.92 Å². The van der Waals surface area contributed by atoms with Gasteiger partial charge in [-0.15, -0.1) is 0 Å². The van der Waals surface area contributed by atoms with Crippen LogP contribution in [0.4, 0.5) is 9.59 Å². The Hall–Kier alpha value is -2.84. The minimum atomic E-state index is -1.02. The maximum atomic E-state index is 12.5. The molecule has 1 aliphatic heterocycles. The Balaban J connectivity index is 1.84. The molecule has 1 aromatic heterocycles. The van der Waals surface area contributed by atoms with E-state index in [1.807, 2.05) is 13.8 Å². The summed E-state index contributed by atoms with van der Waals surface area (Å²) in [7, 11) is 0. The summed E-state index contributed by atoms with van der Waals surface area (Å²) in [5.41, 5.74) is -1.02. The molecule has 142 valence electrons. The molecule has 26 heavy (non-hydrogen) atoms.